The first-order valence-electron chi connectivity index (χ1n) is 7.32. The van der Waals surface area contributed by atoms with Crippen LogP contribution in [0.15, 0.2) is 28.9 Å². The second kappa shape index (κ2) is 5.75. The molecule has 0 aliphatic heterocycles. The van der Waals surface area contributed by atoms with Gasteiger partial charge in [-0.25, -0.2) is 0 Å². The highest BCUT2D eigenvalue weighted by Gasteiger charge is 2.19. The predicted molar refractivity (Wildman–Crippen MR) is 85.7 cm³/mol. The van der Waals surface area contributed by atoms with Gasteiger partial charge in [0.1, 0.15) is 17.1 Å². The highest BCUT2D eigenvalue weighted by Crippen LogP contribution is 2.32. The second-order valence-electron chi connectivity index (χ2n) is 5.54. The number of carbonyl (C=O) groups is 1. The number of benzene rings is 1. The summed E-state index contributed by atoms with van der Waals surface area (Å²) in [4.78, 5) is 12.4. The van der Waals surface area contributed by atoms with Crippen LogP contribution in [0.1, 0.15) is 30.0 Å². The topological polar surface area (TPSA) is 82.2 Å². The number of hydrogen-bond donors (Lipinski definition) is 1. The molecule has 0 atom stereocenters. The van der Waals surface area contributed by atoms with E-state index >= 15 is 0 Å². The lowest BCUT2D eigenvalue weighted by atomic mass is 10.2. The summed E-state index contributed by atoms with van der Waals surface area (Å²) in [5.41, 5.74) is 1.26. The standard InChI is InChI=1S/C16H18N4O3/c1-9(2)22-13-7-5-6-12-14(13)15(19-20(12)4)18-16(21)11-8-17-23-10(11)3/h5-9H,1-4H3,(H,18,19,21). The van der Waals surface area contributed by atoms with Crippen LogP contribution in [-0.4, -0.2) is 26.9 Å². The minimum Gasteiger partial charge on any atom is -0.490 e. The number of rotatable bonds is 4. The average Bonchev–Trinajstić information content (AvgIpc) is 3.04. The van der Waals surface area contributed by atoms with Gasteiger partial charge in [-0.2, -0.15) is 5.10 Å². The van der Waals surface area contributed by atoms with E-state index in [2.05, 4.69) is 15.6 Å². The zero-order valence-electron chi connectivity index (χ0n) is 13.5. The van der Waals surface area contributed by atoms with Crippen LogP contribution in [0.4, 0.5) is 5.82 Å². The van der Waals surface area contributed by atoms with Gasteiger partial charge in [0.15, 0.2) is 5.82 Å². The Kier molecular flexibility index (Phi) is 3.77. The van der Waals surface area contributed by atoms with Gasteiger partial charge < -0.3 is 14.6 Å². The van der Waals surface area contributed by atoms with E-state index < -0.39 is 0 Å². The molecule has 0 unspecified atom stereocenters. The first-order chi connectivity index (χ1) is 11.0. The fourth-order valence-corrected chi connectivity index (χ4v) is 2.41. The van der Waals surface area contributed by atoms with Crippen molar-refractivity contribution in [2.75, 3.05) is 5.32 Å². The predicted octanol–water partition coefficient (Wildman–Crippen LogP) is 2.91. The van der Waals surface area contributed by atoms with Gasteiger partial charge in [0.2, 0.25) is 0 Å². The fraction of sp³-hybridized carbons (Fsp3) is 0.312. The zero-order valence-corrected chi connectivity index (χ0v) is 13.5. The highest BCUT2D eigenvalue weighted by molar-refractivity contribution is 6.09. The third-order valence-electron chi connectivity index (χ3n) is 3.43. The molecule has 1 amide bonds. The number of aromatic nitrogens is 3. The Bertz CT molecular complexity index is 863. The number of aryl methyl sites for hydroxylation is 2. The number of amides is 1. The summed E-state index contributed by atoms with van der Waals surface area (Å²) >= 11 is 0. The first-order valence-corrected chi connectivity index (χ1v) is 7.32. The van der Waals surface area contributed by atoms with E-state index in [0.717, 1.165) is 10.9 Å². The van der Waals surface area contributed by atoms with E-state index in [4.69, 9.17) is 9.26 Å². The largest absolute Gasteiger partial charge is 0.490 e. The molecule has 3 aromatic rings. The lowest BCUT2D eigenvalue weighted by Crippen LogP contribution is -2.13. The highest BCUT2D eigenvalue weighted by atomic mass is 16.5. The van der Waals surface area contributed by atoms with Crippen molar-refractivity contribution in [2.45, 2.75) is 26.9 Å². The van der Waals surface area contributed by atoms with Crippen LogP contribution in [0.25, 0.3) is 10.9 Å². The molecular formula is C16H18N4O3. The Hall–Kier alpha value is -2.83. The normalized spacial score (nSPS) is 11.2. The van der Waals surface area contributed by atoms with Crippen molar-refractivity contribution in [3.05, 3.63) is 35.7 Å². The molecule has 0 fully saturated rings. The van der Waals surface area contributed by atoms with Crippen LogP contribution in [0.5, 0.6) is 5.75 Å². The van der Waals surface area contributed by atoms with Gasteiger partial charge in [0.25, 0.3) is 5.91 Å². The molecule has 23 heavy (non-hydrogen) atoms. The molecule has 2 aromatic heterocycles. The van der Waals surface area contributed by atoms with Crippen LogP contribution in [0.3, 0.4) is 0 Å². The zero-order chi connectivity index (χ0) is 16.6. The van der Waals surface area contributed by atoms with E-state index in [-0.39, 0.29) is 12.0 Å². The summed E-state index contributed by atoms with van der Waals surface area (Å²) in [6.45, 7) is 5.59. The molecule has 0 saturated carbocycles. The summed E-state index contributed by atoms with van der Waals surface area (Å²) in [6.07, 6.45) is 1.41. The molecule has 7 heteroatoms. The smallest absolute Gasteiger partial charge is 0.262 e. The molecule has 2 heterocycles. The lowest BCUT2D eigenvalue weighted by molar-refractivity contribution is 0.102. The van der Waals surface area contributed by atoms with Crippen molar-refractivity contribution in [2.24, 2.45) is 7.05 Å². The van der Waals surface area contributed by atoms with Gasteiger partial charge in [-0.05, 0) is 32.9 Å². The Morgan fingerprint density at radius 2 is 2.17 bits per heavy atom. The van der Waals surface area contributed by atoms with Gasteiger partial charge in [0.05, 0.1) is 23.2 Å². The molecule has 0 aliphatic carbocycles. The van der Waals surface area contributed by atoms with E-state index in [0.29, 0.717) is 22.9 Å². The van der Waals surface area contributed by atoms with Crippen LogP contribution < -0.4 is 10.1 Å². The molecule has 0 saturated heterocycles. The Labute approximate surface area is 133 Å². The maximum absolute atomic E-state index is 12.4. The molecule has 1 aromatic carbocycles. The lowest BCUT2D eigenvalue weighted by Gasteiger charge is -2.11. The molecule has 0 radical (unpaired) electrons. The number of fused-ring (bicyclic) bond motifs is 1. The van der Waals surface area contributed by atoms with E-state index in [1.54, 1.807) is 11.6 Å². The van der Waals surface area contributed by atoms with Crippen LogP contribution in [-0.2, 0) is 7.05 Å². The maximum Gasteiger partial charge on any atom is 0.262 e. The summed E-state index contributed by atoms with van der Waals surface area (Å²) in [6, 6.07) is 5.69. The number of ether oxygens (including phenoxy) is 1. The van der Waals surface area contributed by atoms with Crippen molar-refractivity contribution in [3.63, 3.8) is 0 Å². The summed E-state index contributed by atoms with van der Waals surface area (Å²) in [5, 5.41) is 11.6. The van der Waals surface area contributed by atoms with Crippen molar-refractivity contribution >= 4 is 22.6 Å². The van der Waals surface area contributed by atoms with Crippen molar-refractivity contribution in [1.82, 2.24) is 14.9 Å². The molecule has 3 rings (SSSR count). The number of carbonyl (C=O) groups excluding carboxylic acids is 1. The quantitative estimate of drug-likeness (QED) is 0.800. The third kappa shape index (κ3) is 2.77. The number of anilines is 1. The van der Waals surface area contributed by atoms with Crippen molar-refractivity contribution < 1.29 is 14.1 Å². The average molecular weight is 314 g/mol. The summed E-state index contributed by atoms with van der Waals surface area (Å²) in [5.74, 6) is 1.27. The third-order valence-corrected chi connectivity index (χ3v) is 3.43. The van der Waals surface area contributed by atoms with Gasteiger partial charge in [-0.3, -0.25) is 9.48 Å². The Morgan fingerprint density at radius 3 is 2.83 bits per heavy atom. The van der Waals surface area contributed by atoms with Gasteiger partial charge in [-0.15, -0.1) is 0 Å². The van der Waals surface area contributed by atoms with Gasteiger partial charge >= 0.3 is 0 Å². The minimum absolute atomic E-state index is 0.0182. The minimum atomic E-state index is -0.317. The van der Waals surface area contributed by atoms with Crippen LogP contribution in [0.2, 0.25) is 0 Å². The first kappa shape index (κ1) is 15.1. The van der Waals surface area contributed by atoms with E-state index in [1.165, 1.54) is 6.20 Å². The van der Waals surface area contributed by atoms with Crippen LogP contribution in [0, 0.1) is 6.92 Å². The maximum atomic E-state index is 12.4. The van der Waals surface area contributed by atoms with Crippen molar-refractivity contribution in [1.29, 1.82) is 0 Å². The van der Waals surface area contributed by atoms with E-state index in [1.807, 2.05) is 39.1 Å². The summed E-state index contributed by atoms with van der Waals surface area (Å²) < 4.78 is 12.5. The number of hydrogen-bond acceptors (Lipinski definition) is 5. The molecule has 1 N–H and O–H groups in total. The molecule has 7 nitrogen and oxygen atoms in total. The Balaban J connectivity index is 2.04. The number of nitrogens with zero attached hydrogens (tertiary/aromatic N) is 3. The molecular weight excluding hydrogens is 296 g/mol. The molecule has 120 valence electrons. The van der Waals surface area contributed by atoms with Gasteiger partial charge in [0, 0.05) is 7.05 Å². The Morgan fingerprint density at radius 1 is 1.39 bits per heavy atom. The molecule has 0 bridgehead atoms. The molecule has 0 spiro atoms. The van der Waals surface area contributed by atoms with Gasteiger partial charge in [-0.1, -0.05) is 11.2 Å². The van der Waals surface area contributed by atoms with Crippen molar-refractivity contribution in [3.8, 4) is 5.75 Å². The SMILES string of the molecule is Cc1oncc1C(=O)Nc1nn(C)c2cccc(OC(C)C)c12. The van der Waals surface area contributed by atoms with Crippen LogP contribution >= 0.6 is 0 Å². The monoisotopic (exact) mass is 314 g/mol. The number of nitrogens with one attached hydrogen (secondary N) is 1. The van der Waals surface area contributed by atoms with E-state index in [9.17, 15) is 4.79 Å². The molecule has 0 aliphatic rings. The summed E-state index contributed by atoms with van der Waals surface area (Å²) in [7, 11) is 1.82. The fourth-order valence-electron chi connectivity index (χ4n) is 2.41. The second-order valence-corrected chi connectivity index (χ2v) is 5.54.